The van der Waals surface area contributed by atoms with Crippen LogP contribution in [0.4, 0.5) is 0 Å². The third-order valence-corrected chi connectivity index (χ3v) is 8.55. The summed E-state index contributed by atoms with van der Waals surface area (Å²) in [6.07, 6.45) is 5.81. The Balaban J connectivity index is 1.62. The van der Waals surface area contributed by atoms with E-state index in [1.165, 1.54) is 23.7 Å². The summed E-state index contributed by atoms with van der Waals surface area (Å²) in [4.78, 5) is 30.4. The molecule has 0 radical (unpaired) electrons. The third-order valence-electron chi connectivity index (χ3n) is 6.96. The van der Waals surface area contributed by atoms with Crippen LogP contribution in [0, 0.1) is 6.92 Å². The number of benzene rings is 3. The number of aryl methyl sites for hydroxylation is 1. The van der Waals surface area contributed by atoms with Crippen LogP contribution in [0.5, 0.6) is 0 Å². The summed E-state index contributed by atoms with van der Waals surface area (Å²) >= 11 is 14.2. The maximum atomic E-state index is 13.9. The van der Waals surface area contributed by atoms with Gasteiger partial charge in [-0.3, -0.25) is 9.59 Å². The van der Waals surface area contributed by atoms with Crippen molar-refractivity contribution >= 4 is 46.8 Å². The van der Waals surface area contributed by atoms with E-state index in [-0.39, 0.29) is 30.2 Å². The van der Waals surface area contributed by atoms with Crippen LogP contribution in [-0.2, 0) is 22.6 Å². The summed E-state index contributed by atoms with van der Waals surface area (Å²) in [5, 5.41) is 4.28. The number of amides is 2. The summed E-state index contributed by atoms with van der Waals surface area (Å²) in [7, 11) is 0. The first kappa shape index (κ1) is 28.5. The zero-order chi connectivity index (χ0) is 26.9. The SMILES string of the molecule is Cc1ccc(SCC(=O)N(Cc2ccc(Cl)cc2Cl)[C@H](Cc2ccccc2)C(=O)NC2CCCCC2)cc1. The molecule has 0 aliphatic heterocycles. The fourth-order valence-electron chi connectivity index (χ4n) is 4.79. The molecule has 4 rings (SSSR count). The number of thioether (sulfide) groups is 1. The van der Waals surface area contributed by atoms with E-state index in [4.69, 9.17) is 23.2 Å². The van der Waals surface area contributed by atoms with E-state index in [2.05, 4.69) is 5.32 Å². The van der Waals surface area contributed by atoms with Crippen molar-refractivity contribution in [3.8, 4) is 0 Å². The minimum absolute atomic E-state index is 0.110. The summed E-state index contributed by atoms with van der Waals surface area (Å²) in [5.74, 6) is -0.00292. The molecule has 0 heterocycles. The molecule has 1 aliphatic carbocycles. The lowest BCUT2D eigenvalue weighted by Crippen LogP contribution is -2.53. The molecule has 0 aromatic heterocycles. The molecule has 200 valence electrons. The number of nitrogens with one attached hydrogen (secondary N) is 1. The predicted octanol–water partition coefficient (Wildman–Crippen LogP) is 7.48. The highest BCUT2D eigenvalue weighted by Crippen LogP contribution is 2.26. The minimum Gasteiger partial charge on any atom is -0.352 e. The standard InChI is InChI=1S/C31H34Cl2N2O2S/c1-22-12-16-27(17-13-22)38-21-30(36)35(20-24-14-15-25(32)19-28(24)33)29(18-23-8-4-2-5-9-23)31(37)34-26-10-6-3-7-11-26/h2,4-5,8-9,12-17,19,26,29H,3,6-7,10-11,18,20-21H2,1H3,(H,34,37)/t29-/m1/s1. The van der Waals surface area contributed by atoms with Crippen LogP contribution >= 0.6 is 35.0 Å². The largest absolute Gasteiger partial charge is 0.352 e. The molecule has 4 nitrogen and oxygen atoms in total. The number of halogens is 2. The van der Waals surface area contributed by atoms with Gasteiger partial charge in [-0.25, -0.2) is 0 Å². The molecule has 7 heteroatoms. The molecule has 1 N–H and O–H groups in total. The molecule has 0 saturated heterocycles. The highest BCUT2D eigenvalue weighted by Gasteiger charge is 2.32. The van der Waals surface area contributed by atoms with Crippen LogP contribution < -0.4 is 5.32 Å². The Morgan fingerprint density at radius 1 is 0.974 bits per heavy atom. The van der Waals surface area contributed by atoms with Gasteiger partial charge in [-0.05, 0) is 55.2 Å². The van der Waals surface area contributed by atoms with Crippen LogP contribution in [0.2, 0.25) is 10.0 Å². The van der Waals surface area contributed by atoms with Crippen molar-refractivity contribution in [3.63, 3.8) is 0 Å². The summed E-state index contributed by atoms with van der Waals surface area (Å²) in [5.41, 5.74) is 2.93. The number of carbonyl (C=O) groups excluding carboxylic acids is 2. The van der Waals surface area contributed by atoms with Crippen molar-refractivity contribution < 1.29 is 9.59 Å². The second-order valence-corrected chi connectivity index (χ2v) is 11.8. The van der Waals surface area contributed by atoms with Gasteiger partial charge in [0.15, 0.2) is 0 Å². The lowest BCUT2D eigenvalue weighted by Gasteiger charge is -2.33. The van der Waals surface area contributed by atoms with E-state index in [1.54, 1.807) is 17.0 Å². The maximum Gasteiger partial charge on any atom is 0.243 e. The molecule has 0 bridgehead atoms. The van der Waals surface area contributed by atoms with Crippen LogP contribution in [-0.4, -0.2) is 34.6 Å². The molecule has 38 heavy (non-hydrogen) atoms. The summed E-state index contributed by atoms with van der Waals surface area (Å²) in [6, 6.07) is 22.7. The Morgan fingerprint density at radius 3 is 2.37 bits per heavy atom. The fraction of sp³-hybridized carbons (Fsp3) is 0.355. The third kappa shape index (κ3) is 8.26. The van der Waals surface area contributed by atoms with E-state index < -0.39 is 6.04 Å². The van der Waals surface area contributed by atoms with Crippen molar-refractivity contribution in [3.05, 3.63) is 99.5 Å². The number of carbonyl (C=O) groups is 2. The van der Waals surface area contributed by atoms with E-state index in [0.717, 1.165) is 41.7 Å². The highest BCUT2D eigenvalue weighted by molar-refractivity contribution is 8.00. The van der Waals surface area contributed by atoms with Gasteiger partial charge in [0.1, 0.15) is 6.04 Å². The first-order valence-electron chi connectivity index (χ1n) is 13.2. The molecule has 0 unspecified atom stereocenters. The first-order valence-corrected chi connectivity index (χ1v) is 14.9. The van der Waals surface area contributed by atoms with Crippen LogP contribution in [0.15, 0.2) is 77.7 Å². The van der Waals surface area contributed by atoms with E-state index in [9.17, 15) is 9.59 Å². The van der Waals surface area contributed by atoms with E-state index in [1.807, 2.05) is 67.6 Å². The van der Waals surface area contributed by atoms with Gasteiger partial charge in [0.05, 0.1) is 5.75 Å². The molecule has 1 saturated carbocycles. The lowest BCUT2D eigenvalue weighted by molar-refractivity contribution is -0.139. The van der Waals surface area contributed by atoms with Crippen molar-refractivity contribution in [1.82, 2.24) is 10.2 Å². The normalized spacial score (nSPS) is 14.6. The van der Waals surface area contributed by atoms with Gasteiger partial charge >= 0.3 is 0 Å². The zero-order valence-corrected chi connectivity index (χ0v) is 24.0. The highest BCUT2D eigenvalue weighted by atomic mass is 35.5. The Morgan fingerprint density at radius 2 is 1.68 bits per heavy atom. The van der Waals surface area contributed by atoms with Crippen LogP contribution in [0.3, 0.4) is 0 Å². The first-order chi connectivity index (χ1) is 18.4. The van der Waals surface area contributed by atoms with Crippen LogP contribution in [0.25, 0.3) is 0 Å². The quantitative estimate of drug-likeness (QED) is 0.258. The van der Waals surface area contributed by atoms with Crippen molar-refractivity contribution in [2.24, 2.45) is 0 Å². The molecular weight excluding hydrogens is 535 g/mol. The van der Waals surface area contributed by atoms with E-state index >= 15 is 0 Å². The Labute approximate surface area is 240 Å². The van der Waals surface area contributed by atoms with Gasteiger partial charge in [-0.2, -0.15) is 0 Å². The topological polar surface area (TPSA) is 49.4 Å². The lowest BCUT2D eigenvalue weighted by atomic mass is 9.94. The molecule has 3 aromatic carbocycles. The number of nitrogens with zero attached hydrogens (tertiary/aromatic N) is 1. The maximum absolute atomic E-state index is 13.9. The average Bonchev–Trinajstić information content (AvgIpc) is 2.92. The van der Waals surface area contributed by atoms with E-state index in [0.29, 0.717) is 16.5 Å². The fourth-order valence-corrected chi connectivity index (χ4v) is 6.05. The van der Waals surface area contributed by atoms with Gasteiger partial charge in [-0.15, -0.1) is 11.8 Å². The number of rotatable bonds is 10. The molecule has 1 atom stereocenters. The molecule has 3 aromatic rings. The van der Waals surface area contributed by atoms with Crippen LogP contribution in [0.1, 0.15) is 48.8 Å². The Bertz CT molecular complexity index is 1210. The smallest absolute Gasteiger partial charge is 0.243 e. The second-order valence-electron chi connectivity index (χ2n) is 9.91. The summed E-state index contributed by atoms with van der Waals surface area (Å²) < 4.78 is 0. The Hall–Kier alpha value is -2.47. The monoisotopic (exact) mass is 568 g/mol. The van der Waals surface area contributed by atoms with Gasteiger partial charge in [0.25, 0.3) is 0 Å². The molecule has 1 fully saturated rings. The molecule has 1 aliphatic rings. The number of hydrogen-bond acceptors (Lipinski definition) is 3. The van der Waals surface area contributed by atoms with Gasteiger partial charge in [-0.1, -0.05) is 96.6 Å². The predicted molar refractivity (Wildman–Crippen MR) is 158 cm³/mol. The Kier molecular flexibility index (Phi) is 10.6. The minimum atomic E-state index is -0.669. The summed E-state index contributed by atoms with van der Waals surface area (Å²) in [6.45, 7) is 2.26. The zero-order valence-electron chi connectivity index (χ0n) is 21.7. The van der Waals surface area contributed by atoms with Gasteiger partial charge in [0.2, 0.25) is 11.8 Å². The molecule has 0 spiro atoms. The van der Waals surface area contributed by atoms with Gasteiger partial charge < -0.3 is 10.2 Å². The number of hydrogen-bond donors (Lipinski definition) is 1. The average molecular weight is 570 g/mol. The van der Waals surface area contributed by atoms with Crippen molar-refractivity contribution in [2.45, 2.75) is 69.0 Å². The van der Waals surface area contributed by atoms with Crippen molar-refractivity contribution in [2.75, 3.05) is 5.75 Å². The van der Waals surface area contributed by atoms with Crippen molar-refractivity contribution in [1.29, 1.82) is 0 Å². The molecular formula is C31H34Cl2N2O2S. The van der Waals surface area contributed by atoms with Gasteiger partial charge in [0, 0.05) is 33.9 Å². The molecule has 2 amide bonds. The second kappa shape index (κ2) is 14.1.